The van der Waals surface area contributed by atoms with Gasteiger partial charge in [-0.05, 0) is 38.8 Å². The van der Waals surface area contributed by atoms with Gasteiger partial charge < -0.3 is 4.90 Å². The largest absolute Gasteiger partial charge is 0.333 e. The monoisotopic (exact) mass is 326 g/mol. The highest BCUT2D eigenvalue weighted by atomic mass is 16.2. The second kappa shape index (κ2) is 6.68. The molecule has 7 heteroatoms. The highest BCUT2D eigenvalue weighted by Crippen LogP contribution is 2.31. The second-order valence-electron chi connectivity index (χ2n) is 6.50. The fraction of sp³-hybridized carbons (Fsp3) is 0.529. The number of carbonyl (C=O) groups is 1. The molecule has 2 aromatic rings. The van der Waals surface area contributed by atoms with Crippen LogP contribution in [0.25, 0.3) is 5.82 Å². The molecule has 1 atom stereocenters. The Hall–Kier alpha value is -2.28. The standard InChI is InChI=1S/C17H22N6O/c24-17(12-21-6-1-2-7-21)23-8-3-4-15(23)14-10-19-11-16(20-14)22-9-5-18-13-22/h5,9-11,13,15H,1-4,6-8,12H2/t15-/m1/s1. The Morgan fingerprint density at radius 1 is 1.12 bits per heavy atom. The molecule has 0 saturated carbocycles. The predicted molar refractivity (Wildman–Crippen MR) is 88.5 cm³/mol. The van der Waals surface area contributed by atoms with Gasteiger partial charge in [0.05, 0.1) is 30.7 Å². The van der Waals surface area contributed by atoms with E-state index in [-0.39, 0.29) is 11.9 Å². The van der Waals surface area contributed by atoms with Gasteiger partial charge in [-0.25, -0.2) is 9.97 Å². The Bertz CT molecular complexity index is 695. The molecule has 0 aliphatic carbocycles. The molecule has 0 spiro atoms. The molecule has 2 aromatic heterocycles. The number of hydrogen-bond acceptors (Lipinski definition) is 5. The van der Waals surface area contributed by atoms with Gasteiger partial charge in [0, 0.05) is 18.9 Å². The van der Waals surface area contributed by atoms with Crippen LogP contribution in [0, 0.1) is 0 Å². The van der Waals surface area contributed by atoms with Gasteiger partial charge >= 0.3 is 0 Å². The molecule has 4 heterocycles. The average Bonchev–Trinajstić information content (AvgIpc) is 3.36. The third-order valence-corrected chi connectivity index (χ3v) is 4.88. The van der Waals surface area contributed by atoms with Gasteiger partial charge in [-0.1, -0.05) is 0 Å². The Morgan fingerprint density at radius 3 is 2.79 bits per heavy atom. The molecule has 126 valence electrons. The molecule has 0 N–H and O–H groups in total. The molecule has 0 unspecified atom stereocenters. The van der Waals surface area contributed by atoms with Crippen molar-refractivity contribution in [2.24, 2.45) is 0 Å². The van der Waals surface area contributed by atoms with Crippen molar-refractivity contribution in [1.82, 2.24) is 29.3 Å². The molecular weight excluding hydrogens is 304 g/mol. The van der Waals surface area contributed by atoms with Crippen molar-refractivity contribution < 1.29 is 4.79 Å². The van der Waals surface area contributed by atoms with Gasteiger partial charge in [-0.2, -0.15) is 0 Å². The first-order valence-electron chi connectivity index (χ1n) is 8.63. The van der Waals surface area contributed by atoms with E-state index in [2.05, 4.69) is 14.9 Å². The lowest BCUT2D eigenvalue weighted by atomic mass is 10.1. The molecule has 4 rings (SSSR count). The first kappa shape index (κ1) is 15.3. The summed E-state index contributed by atoms with van der Waals surface area (Å²) >= 11 is 0. The maximum atomic E-state index is 12.7. The summed E-state index contributed by atoms with van der Waals surface area (Å²) < 4.78 is 1.84. The average molecular weight is 326 g/mol. The van der Waals surface area contributed by atoms with Crippen molar-refractivity contribution in [1.29, 1.82) is 0 Å². The van der Waals surface area contributed by atoms with Gasteiger partial charge in [0.1, 0.15) is 6.33 Å². The van der Waals surface area contributed by atoms with Crippen LogP contribution in [0.2, 0.25) is 0 Å². The number of amides is 1. The van der Waals surface area contributed by atoms with E-state index in [9.17, 15) is 4.79 Å². The number of rotatable bonds is 4. The molecule has 2 fully saturated rings. The van der Waals surface area contributed by atoms with Crippen molar-refractivity contribution in [2.75, 3.05) is 26.2 Å². The van der Waals surface area contributed by atoms with Crippen LogP contribution < -0.4 is 0 Å². The minimum atomic E-state index is 0.0380. The highest BCUT2D eigenvalue weighted by molar-refractivity contribution is 5.79. The summed E-state index contributed by atoms with van der Waals surface area (Å²) in [6.07, 6.45) is 13.2. The zero-order valence-electron chi connectivity index (χ0n) is 13.7. The molecule has 0 bridgehead atoms. The van der Waals surface area contributed by atoms with Crippen molar-refractivity contribution in [3.8, 4) is 5.82 Å². The molecule has 2 aliphatic heterocycles. The summed E-state index contributed by atoms with van der Waals surface area (Å²) in [7, 11) is 0. The molecular formula is C17H22N6O. The van der Waals surface area contributed by atoms with E-state index in [1.54, 1.807) is 24.9 Å². The molecule has 2 aliphatic rings. The summed E-state index contributed by atoms with van der Waals surface area (Å²) in [5, 5.41) is 0. The van der Waals surface area contributed by atoms with Gasteiger partial charge in [-0.15, -0.1) is 0 Å². The van der Waals surface area contributed by atoms with Gasteiger partial charge in [0.2, 0.25) is 5.91 Å². The predicted octanol–water partition coefficient (Wildman–Crippen LogP) is 1.42. The van der Waals surface area contributed by atoms with E-state index < -0.39 is 0 Å². The fourth-order valence-corrected chi connectivity index (χ4v) is 3.65. The lowest BCUT2D eigenvalue weighted by molar-refractivity contribution is -0.133. The summed E-state index contributed by atoms with van der Waals surface area (Å²) in [6.45, 7) is 3.43. The SMILES string of the molecule is O=C(CN1CCCC1)N1CCC[C@@H]1c1cncc(-n2ccnc2)n1. The van der Waals surface area contributed by atoms with Gasteiger partial charge in [0.15, 0.2) is 5.82 Å². The number of hydrogen-bond donors (Lipinski definition) is 0. The van der Waals surface area contributed by atoms with E-state index in [1.807, 2.05) is 15.7 Å². The summed E-state index contributed by atoms with van der Waals surface area (Å²) in [4.78, 5) is 30.0. The van der Waals surface area contributed by atoms with Crippen LogP contribution in [0.5, 0.6) is 0 Å². The lowest BCUT2D eigenvalue weighted by Crippen LogP contribution is -2.39. The molecule has 0 radical (unpaired) electrons. The summed E-state index contributed by atoms with van der Waals surface area (Å²) in [5.74, 6) is 0.957. The second-order valence-corrected chi connectivity index (χ2v) is 6.50. The minimum absolute atomic E-state index is 0.0380. The van der Waals surface area contributed by atoms with Crippen molar-refractivity contribution in [3.63, 3.8) is 0 Å². The third kappa shape index (κ3) is 3.03. The summed E-state index contributed by atoms with van der Waals surface area (Å²) in [6, 6.07) is 0.0380. The molecule has 1 amide bonds. The lowest BCUT2D eigenvalue weighted by Gasteiger charge is -2.26. The van der Waals surface area contributed by atoms with Crippen LogP contribution in [0.15, 0.2) is 31.1 Å². The molecule has 7 nitrogen and oxygen atoms in total. The highest BCUT2D eigenvalue weighted by Gasteiger charge is 2.32. The Balaban J connectivity index is 1.52. The van der Waals surface area contributed by atoms with Crippen LogP contribution in [-0.2, 0) is 4.79 Å². The fourth-order valence-electron chi connectivity index (χ4n) is 3.65. The Labute approximate surface area is 141 Å². The molecule has 2 saturated heterocycles. The van der Waals surface area contributed by atoms with E-state index in [1.165, 1.54) is 12.8 Å². The van der Waals surface area contributed by atoms with E-state index in [0.29, 0.717) is 6.54 Å². The Kier molecular flexibility index (Phi) is 4.25. The van der Waals surface area contributed by atoms with Crippen molar-refractivity contribution in [3.05, 3.63) is 36.8 Å². The van der Waals surface area contributed by atoms with Crippen molar-refractivity contribution in [2.45, 2.75) is 31.7 Å². The third-order valence-electron chi connectivity index (χ3n) is 4.88. The van der Waals surface area contributed by atoms with Crippen LogP contribution in [0.4, 0.5) is 0 Å². The number of nitrogens with zero attached hydrogens (tertiary/aromatic N) is 6. The number of carbonyl (C=O) groups excluding carboxylic acids is 1. The van der Waals surface area contributed by atoms with Crippen LogP contribution >= 0.6 is 0 Å². The minimum Gasteiger partial charge on any atom is -0.333 e. The zero-order valence-corrected chi connectivity index (χ0v) is 13.7. The number of imidazole rings is 1. The van der Waals surface area contributed by atoms with Crippen LogP contribution in [-0.4, -0.2) is 61.4 Å². The van der Waals surface area contributed by atoms with E-state index in [4.69, 9.17) is 4.98 Å². The normalized spacial score (nSPS) is 21.5. The summed E-state index contributed by atoms with van der Waals surface area (Å²) in [5.41, 5.74) is 0.869. The van der Waals surface area contributed by atoms with Crippen LogP contribution in [0.1, 0.15) is 37.4 Å². The zero-order chi connectivity index (χ0) is 16.4. The van der Waals surface area contributed by atoms with E-state index in [0.717, 1.165) is 44.0 Å². The first-order chi connectivity index (χ1) is 11.8. The van der Waals surface area contributed by atoms with Crippen molar-refractivity contribution >= 4 is 5.91 Å². The van der Waals surface area contributed by atoms with Gasteiger partial charge in [0.25, 0.3) is 0 Å². The smallest absolute Gasteiger partial charge is 0.237 e. The maximum absolute atomic E-state index is 12.7. The van der Waals surface area contributed by atoms with Crippen LogP contribution in [0.3, 0.4) is 0 Å². The Morgan fingerprint density at radius 2 is 2.00 bits per heavy atom. The number of likely N-dealkylation sites (tertiary alicyclic amines) is 2. The quantitative estimate of drug-likeness (QED) is 0.850. The molecule has 24 heavy (non-hydrogen) atoms. The first-order valence-corrected chi connectivity index (χ1v) is 8.63. The van der Waals surface area contributed by atoms with E-state index >= 15 is 0 Å². The number of aromatic nitrogens is 4. The topological polar surface area (TPSA) is 67.2 Å². The molecule has 0 aromatic carbocycles. The maximum Gasteiger partial charge on any atom is 0.237 e. The van der Waals surface area contributed by atoms with Gasteiger partial charge in [-0.3, -0.25) is 19.2 Å².